The average molecular weight is 695 g/mol. The molecule has 2 heterocycles. The van der Waals surface area contributed by atoms with Gasteiger partial charge in [-0.3, -0.25) is 0 Å². The Kier molecular flexibility index (Phi) is 8.00. The lowest BCUT2D eigenvalue weighted by molar-refractivity contribution is 0.590. The molecule has 260 valence electrons. The van der Waals surface area contributed by atoms with Gasteiger partial charge in [-0.25, -0.2) is 0 Å². The van der Waals surface area contributed by atoms with Crippen LogP contribution in [0.4, 0.5) is 34.1 Å². The Morgan fingerprint density at radius 2 is 0.942 bits per heavy atom. The van der Waals surface area contributed by atoms with Crippen molar-refractivity contribution in [3.8, 4) is 0 Å². The summed E-state index contributed by atoms with van der Waals surface area (Å²) in [5.74, 6) is 0. The van der Waals surface area contributed by atoms with Crippen LogP contribution in [0.1, 0.15) is 63.8 Å². The SMILES string of the molecule is Cc1ccc(N2c3ccc(C)cc3B3c4cc(C(C)(C)C)ccc4N(c4ccc(C(C)(C)C)cc4)c4cc([Si](C)(C)c5ccccc5)cc2c43)cc1. The van der Waals surface area contributed by atoms with Gasteiger partial charge in [0.2, 0.25) is 0 Å². The summed E-state index contributed by atoms with van der Waals surface area (Å²) in [5, 5.41) is 2.88. The molecule has 2 aliphatic heterocycles. The molecule has 0 bridgehead atoms. The molecule has 0 fully saturated rings. The molecule has 0 unspecified atom stereocenters. The zero-order chi connectivity index (χ0) is 36.7. The Morgan fingerprint density at radius 3 is 1.50 bits per heavy atom. The van der Waals surface area contributed by atoms with E-state index in [1.807, 2.05) is 0 Å². The number of anilines is 6. The van der Waals surface area contributed by atoms with Crippen LogP contribution >= 0.6 is 0 Å². The molecule has 0 amide bonds. The van der Waals surface area contributed by atoms with Crippen LogP contribution in [-0.2, 0) is 10.8 Å². The molecule has 0 atom stereocenters. The van der Waals surface area contributed by atoms with Gasteiger partial charge in [0.05, 0.1) is 0 Å². The molecule has 8 rings (SSSR count). The molecule has 0 aromatic heterocycles. The molecule has 6 aromatic carbocycles. The maximum atomic E-state index is 2.58. The van der Waals surface area contributed by atoms with Gasteiger partial charge in [0.1, 0.15) is 8.07 Å². The number of fused-ring (bicyclic) bond motifs is 4. The second kappa shape index (κ2) is 12.1. The molecule has 2 nitrogen and oxygen atoms in total. The lowest BCUT2D eigenvalue weighted by Crippen LogP contribution is -2.63. The molecule has 0 aliphatic carbocycles. The number of hydrogen-bond acceptors (Lipinski definition) is 2. The Balaban J connectivity index is 1.50. The van der Waals surface area contributed by atoms with Crippen molar-refractivity contribution in [2.75, 3.05) is 9.80 Å². The average Bonchev–Trinajstić information content (AvgIpc) is 3.11. The molecule has 2 aliphatic rings. The van der Waals surface area contributed by atoms with E-state index in [1.165, 1.54) is 83.1 Å². The summed E-state index contributed by atoms with van der Waals surface area (Å²) >= 11 is 0. The van der Waals surface area contributed by atoms with Crippen LogP contribution in [0.3, 0.4) is 0 Å². The highest BCUT2D eigenvalue weighted by Crippen LogP contribution is 2.44. The number of nitrogens with zero attached hydrogens (tertiary/aromatic N) is 2. The van der Waals surface area contributed by atoms with Crippen molar-refractivity contribution < 1.29 is 0 Å². The smallest absolute Gasteiger partial charge is 0.252 e. The number of rotatable bonds is 4. The van der Waals surface area contributed by atoms with Crippen molar-refractivity contribution in [2.45, 2.75) is 79.3 Å². The van der Waals surface area contributed by atoms with Crippen LogP contribution in [0.25, 0.3) is 0 Å². The fourth-order valence-corrected chi connectivity index (χ4v) is 10.7. The Bertz CT molecular complexity index is 2310. The quantitative estimate of drug-likeness (QED) is 0.169. The first-order valence-electron chi connectivity index (χ1n) is 18.9. The number of aryl methyl sites for hydroxylation is 2. The number of benzene rings is 6. The van der Waals surface area contributed by atoms with Crippen molar-refractivity contribution in [3.05, 3.63) is 150 Å². The standard InChI is InChI=1S/C48H51BN2Si/c1-32-16-22-36(23-17-32)50-42-26-18-33(2)28-40(42)49-41-29-35(48(6,7)8)21-27-43(41)51(37-24-19-34(20-25-37)47(3,4)5)45-31-39(30-44(50)46(45)49)52(9,10)38-14-12-11-13-15-38/h11-31H,1-10H3. The van der Waals surface area contributed by atoms with Crippen LogP contribution in [0, 0.1) is 13.8 Å². The first-order chi connectivity index (χ1) is 24.6. The van der Waals surface area contributed by atoms with Gasteiger partial charge in [0.15, 0.2) is 0 Å². The lowest BCUT2D eigenvalue weighted by Gasteiger charge is -2.45. The summed E-state index contributed by atoms with van der Waals surface area (Å²) < 4.78 is 0. The zero-order valence-corrected chi connectivity index (χ0v) is 33.6. The fraction of sp³-hybridized carbons (Fsp3) is 0.250. The normalized spacial score (nSPS) is 13.8. The van der Waals surface area contributed by atoms with Crippen molar-refractivity contribution in [1.82, 2.24) is 0 Å². The predicted molar refractivity (Wildman–Crippen MR) is 231 cm³/mol. The third-order valence-corrected chi connectivity index (χ3v) is 15.1. The minimum Gasteiger partial charge on any atom is -0.311 e. The lowest BCUT2D eigenvalue weighted by atomic mass is 9.33. The maximum absolute atomic E-state index is 2.58. The van der Waals surface area contributed by atoms with Crippen LogP contribution in [0.2, 0.25) is 13.1 Å². The van der Waals surface area contributed by atoms with E-state index in [2.05, 4.69) is 206 Å². The van der Waals surface area contributed by atoms with Crippen molar-refractivity contribution in [1.29, 1.82) is 0 Å². The third-order valence-electron chi connectivity index (χ3n) is 11.6. The van der Waals surface area contributed by atoms with E-state index < -0.39 is 8.07 Å². The van der Waals surface area contributed by atoms with E-state index >= 15 is 0 Å². The van der Waals surface area contributed by atoms with Crippen molar-refractivity contribution >= 4 is 75.7 Å². The van der Waals surface area contributed by atoms with Gasteiger partial charge < -0.3 is 9.80 Å². The second-order valence-electron chi connectivity index (χ2n) is 17.7. The van der Waals surface area contributed by atoms with E-state index in [0.717, 1.165) is 0 Å². The highest BCUT2D eigenvalue weighted by molar-refractivity contribution is 7.02. The maximum Gasteiger partial charge on any atom is 0.252 e. The largest absolute Gasteiger partial charge is 0.311 e. The molecular formula is C48H51BN2Si. The van der Waals surface area contributed by atoms with E-state index in [-0.39, 0.29) is 17.5 Å². The van der Waals surface area contributed by atoms with Crippen LogP contribution in [-0.4, -0.2) is 14.8 Å². The molecule has 0 radical (unpaired) electrons. The summed E-state index contributed by atoms with van der Waals surface area (Å²) in [7, 11) is -2.14. The Hall–Kier alpha value is -4.80. The van der Waals surface area contributed by atoms with E-state index in [0.29, 0.717) is 0 Å². The summed E-state index contributed by atoms with van der Waals surface area (Å²) in [6.07, 6.45) is 0. The first-order valence-corrected chi connectivity index (χ1v) is 21.9. The highest BCUT2D eigenvalue weighted by Gasteiger charge is 2.45. The Morgan fingerprint density at radius 1 is 0.462 bits per heavy atom. The zero-order valence-electron chi connectivity index (χ0n) is 32.6. The van der Waals surface area contributed by atoms with E-state index in [4.69, 9.17) is 0 Å². The van der Waals surface area contributed by atoms with Crippen molar-refractivity contribution in [3.63, 3.8) is 0 Å². The molecule has 52 heavy (non-hydrogen) atoms. The van der Waals surface area contributed by atoms with Crippen LogP contribution < -0.4 is 36.6 Å². The highest BCUT2D eigenvalue weighted by atomic mass is 28.3. The van der Waals surface area contributed by atoms with E-state index in [9.17, 15) is 0 Å². The van der Waals surface area contributed by atoms with E-state index in [1.54, 1.807) is 0 Å². The minimum absolute atomic E-state index is 0.0184. The van der Waals surface area contributed by atoms with Crippen LogP contribution in [0.5, 0.6) is 0 Å². The van der Waals surface area contributed by atoms with Gasteiger partial charge in [-0.1, -0.05) is 155 Å². The number of hydrogen-bond donors (Lipinski definition) is 0. The monoisotopic (exact) mass is 694 g/mol. The minimum atomic E-state index is -2.14. The predicted octanol–water partition coefficient (Wildman–Crippen LogP) is 9.80. The van der Waals surface area contributed by atoms with Gasteiger partial charge in [-0.15, -0.1) is 0 Å². The summed E-state index contributed by atoms with van der Waals surface area (Å²) in [4.78, 5) is 5.14. The first kappa shape index (κ1) is 34.3. The molecule has 0 spiro atoms. The van der Waals surface area contributed by atoms with Crippen LogP contribution in [0.15, 0.2) is 127 Å². The second-order valence-corrected chi connectivity index (χ2v) is 22.1. The molecule has 0 N–H and O–H groups in total. The molecular weight excluding hydrogens is 643 g/mol. The summed E-state index contributed by atoms with van der Waals surface area (Å²) in [6.45, 7) is 23.4. The fourth-order valence-electron chi connectivity index (χ4n) is 8.33. The summed E-state index contributed by atoms with van der Waals surface area (Å²) in [6, 6.07) is 49.2. The van der Waals surface area contributed by atoms with Gasteiger partial charge in [-0.2, -0.15) is 0 Å². The third kappa shape index (κ3) is 5.63. The molecule has 0 saturated carbocycles. The van der Waals surface area contributed by atoms with Gasteiger partial charge >= 0.3 is 0 Å². The topological polar surface area (TPSA) is 6.48 Å². The molecule has 0 saturated heterocycles. The van der Waals surface area contributed by atoms with Gasteiger partial charge in [0.25, 0.3) is 6.71 Å². The van der Waals surface area contributed by atoms with Gasteiger partial charge in [-0.05, 0) is 101 Å². The van der Waals surface area contributed by atoms with Crippen molar-refractivity contribution in [2.24, 2.45) is 0 Å². The molecule has 4 heteroatoms. The molecule has 6 aromatic rings. The summed E-state index contributed by atoms with van der Waals surface area (Å²) in [5.41, 5.74) is 17.0. The Labute approximate surface area is 313 Å². The van der Waals surface area contributed by atoms with Gasteiger partial charge in [0, 0.05) is 34.1 Å².